The molecule has 1 nitrogen and oxygen atoms in total. The summed E-state index contributed by atoms with van der Waals surface area (Å²) in [5.74, 6) is 0. The van der Waals surface area contributed by atoms with Gasteiger partial charge in [0.2, 0.25) is 0 Å². The first-order chi connectivity index (χ1) is 7.71. The molecule has 1 spiro atoms. The van der Waals surface area contributed by atoms with E-state index < -0.39 is 0 Å². The molecule has 2 aliphatic carbocycles. The Labute approximate surface area is 96.8 Å². The highest BCUT2D eigenvalue weighted by atomic mass is 16.3. The lowest BCUT2D eigenvalue weighted by atomic mass is 9.69. The van der Waals surface area contributed by atoms with Crippen LogP contribution in [0.15, 0.2) is 30.8 Å². The average molecular weight is 214 g/mol. The van der Waals surface area contributed by atoms with Crippen molar-refractivity contribution in [2.45, 2.75) is 38.2 Å². The van der Waals surface area contributed by atoms with Gasteiger partial charge in [0.15, 0.2) is 0 Å². The summed E-state index contributed by atoms with van der Waals surface area (Å²) in [5.41, 5.74) is 4.39. The third kappa shape index (κ3) is 1.35. The number of benzene rings is 1. The van der Waals surface area contributed by atoms with Crippen LogP contribution < -0.4 is 0 Å². The maximum absolute atomic E-state index is 9.63. The van der Waals surface area contributed by atoms with Gasteiger partial charge in [-0.2, -0.15) is 0 Å². The molecular formula is C15H18O. The Balaban J connectivity index is 1.94. The van der Waals surface area contributed by atoms with Gasteiger partial charge in [0.25, 0.3) is 0 Å². The maximum atomic E-state index is 9.63. The SMILES string of the molecule is C=C1c2ccccc2C[C@]12CC[C@@H](O)CC2. The summed E-state index contributed by atoms with van der Waals surface area (Å²) >= 11 is 0. The first kappa shape index (κ1) is 10.1. The van der Waals surface area contributed by atoms with E-state index in [0.717, 1.165) is 32.1 Å². The molecule has 16 heavy (non-hydrogen) atoms. The summed E-state index contributed by atoms with van der Waals surface area (Å²) in [5, 5.41) is 9.63. The van der Waals surface area contributed by atoms with Gasteiger partial charge in [-0.05, 0) is 54.2 Å². The van der Waals surface area contributed by atoms with Crippen molar-refractivity contribution in [2.75, 3.05) is 0 Å². The van der Waals surface area contributed by atoms with Crippen molar-refractivity contribution in [1.82, 2.24) is 0 Å². The zero-order valence-electron chi connectivity index (χ0n) is 9.58. The Hall–Kier alpha value is -1.08. The normalized spacial score (nSPS) is 33.1. The monoisotopic (exact) mass is 214 g/mol. The molecule has 1 saturated carbocycles. The van der Waals surface area contributed by atoms with Crippen LogP contribution in [0.1, 0.15) is 36.8 Å². The molecular weight excluding hydrogens is 196 g/mol. The molecule has 1 fully saturated rings. The molecule has 3 rings (SSSR count). The standard InChI is InChI=1S/C15H18O/c1-11-14-5-3-2-4-12(14)10-15(11)8-6-13(16)7-9-15/h2-5,13,16H,1,6-10H2/t13-,15-. The van der Waals surface area contributed by atoms with Crippen LogP contribution in [-0.4, -0.2) is 11.2 Å². The third-order valence-corrected chi connectivity index (χ3v) is 4.42. The Bertz CT molecular complexity index is 425. The maximum Gasteiger partial charge on any atom is 0.0540 e. The predicted octanol–water partition coefficient (Wildman–Crippen LogP) is 3.18. The Morgan fingerprint density at radius 1 is 1.19 bits per heavy atom. The van der Waals surface area contributed by atoms with Crippen LogP contribution in [0.2, 0.25) is 0 Å². The van der Waals surface area contributed by atoms with Gasteiger partial charge in [0.1, 0.15) is 0 Å². The second-order valence-corrected chi connectivity index (χ2v) is 5.32. The molecule has 1 aromatic rings. The van der Waals surface area contributed by atoms with Crippen LogP contribution in [-0.2, 0) is 6.42 Å². The van der Waals surface area contributed by atoms with Crippen molar-refractivity contribution in [3.8, 4) is 0 Å². The largest absolute Gasteiger partial charge is 0.393 e. The predicted molar refractivity (Wildman–Crippen MR) is 66.1 cm³/mol. The van der Waals surface area contributed by atoms with E-state index in [4.69, 9.17) is 0 Å². The average Bonchev–Trinajstić information content (AvgIpc) is 2.58. The number of rotatable bonds is 0. The van der Waals surface area contributed by atoms with Crippen LogP contribution in [0.4, 0.5) is 0 Å². The summed E-state index contributed by atoms with van der Waals surface area (Å²) in [6.07, 6.45) is 5.13. The fraction of sp³-hybridized carbons (Fsp3) is 0.467. The molecule has 0 radical (unpaired) electrons. The van der Waals surface area contributed by atoms with E-state index in [9.17, 15) is 5.11 Å². The van der Waals surface area contributed by atoms with E-state index in [1.165, 1.54) is 16.7 Å². The molecule has 84 valence electrons. The van der Waals surface area contributed by atoms with E-state index in [-0.39, 0.29) is 11.5 Å². The minimum absolute atomic E-state index is 0.0814. The first-order valence-electron chi connectivity index (χ1n) is 6.17. The number of allylic oxidation sites excluding steroid dienone is 1. The van der Waals surface area contributed by atoms with Gasteiger partial charge in [0, 0.05) is 0 Å². The second-order valence-electron chi connectivity index (χ2n) is 5.32. The summed E-state index contributed by atoms with van der Waals surface area (Å²) in [7, 11) is 0. The fourth-order valence-corrected chi connectivity index (χ4v) is 3.36. The van der Waals surface area contributed by atoms with Crippen molar-refractivity contribution in [1.29, 1.82) is 0 Å². The molecule has 0 amide bonds. The Morgan fingerprint density at radius 3 is 2.56 bits per heavy atom. The van der Waals surface area contributed by atoms with Gasteiger partial charge < -0.3 is 5.11 Å². The van der Waals surface area contributed by atoms with Gasteiger partial charge in [-0.15, -0.1) is 0 Å². The van der Waals surface area contributed by atoms with Crippen molar-refractivity contribution < 1.29 is 5.11 Å². The Morgan fingerprint density at radius 2 is 1.88 bits per heavy atom. The van der Waals surface area contributed by atoms with Crippen molar-refractivity contribution in [3.05, 3.63) is 42.0 Å². The van der Waals surface area contributed by atoms with E-state index in [2.05, 4.69) is 30.8 Å². The minimum Gasteiger partial charge on any atom is -0.393 e. The number of hydrogen-bond acceptors (Lipinski definition) is 1. The van der Waals surface area contributed by atoms with Gasteiger partial charge in [-0.25, -0.2) is 0 Å². The molecule has 0 atom stereocenters. The molecule has 0 bridgehead atoms. The van der Waals surface area contributed by atoms with Crippen LogP contribution in [0.5, 0.6) is 0 Å². The van der Waals surface area contributed by atoms with Crippen LogP contribution in [0, 0.1) is 5.41 Å². The Kier molecular flexibility index (Phi) is 2.18. The zero-order chi connectivity index (χ0) is 11.2. The first-order valence-corrected chi connectivity index (χ1v) is 6.17. The molecule has 0 unspecified atom stereocenters. The topological polar surface area (TPSA) is 20.2 Å². The highest BCUT2D eigenvalue weighted by Crippen LogP contribution is 2.53. The lowest BCUT2D eigenvalue weighted by molar-refractivity contribution is 0.0902. The van der Waals surface area contributed by atoms with Crippen molar-refractivity contribution in [3.63, 3.8) is 0 Å². The smallest absolute Gasteiger partial charge is 0.0540 e. The lowest BCUT2D eigenvalue weighted by Crippen LogP contribution is -2.29. The van der Waals surface area contributed by atoms with Gasteiger partial charge >= 0.3 is 0 Å². The van der Waals surface area contributed by atoms with Gasteiger partial charge in [0.05, 0.1) is 6.10 Å². The van der Waals surface area contributed by atoms with E-state index >= 15 is 0 Å². The minimum atomic E-state index is -0.0814. The molecule has 0 aliphatic heterocycles. The quantitative estimate of drug-likeness (QED) is 0.703. The highest BCUT2D eigenvalue weighted by molar-refractivity contribution is 5.75. The summed E-state index contributed by atoms with van der Waals surface area (Å²) in [4.78, 5) is 0. The number of aliphatic hydroxyl groups is 1. The summed E-state index contributed by atoms with van der Waals surface area (Å²) < 4.78 is 0. The molecule has 0 aromatic heterocycles. The molecule has 0 saturated heterocycles. The highest BCUT2D eigenvalue weighted by Gasteiger charge is 2.42. The van der Waals surface area contributed by atoms with Crippen LogP contribution in [0.25, 0.3) is 5.57 Å². The second kappa shape index (κ2) is 3.46. The molecule has 2 aliphatic rings. The number of fused-ring (bicyclic) bond motifs is 1. The van der Waals surface area contributed by atoms with Gasteiger partial charge in [-0.1, -0.05) is 30.8 Å². The van der Waals surface area contributed by atoms with Crippen LogP contribution in [0.3, 0.4) is 0 Å². The van der Waals surface area contributed by atoms with E-state index in [1.54, 1.807) is 0 Å². The molecule has 1 heteroatoms. The number of aliphatic hydroxyl groups excluding tert-OH is 1. The van der Waals surface area contributed by atoms with Crippen molar-refractivity contribution >= 4 is 5.57 Å². The van der Waals surface area contributed by atoms with E-state index in [1.807, 2.05) is 0 Å². The number of hydrogen-bond donors (Lipinski definition) is 1. The lowest BCUT2D eigenvalue weighted by Gasteiger charge is -2.36. The fourth-order valence-electron chi connectivity index (χ4n) is 3.36. The van der Waals surface area contributed by atoms with Gasteiger partial charge in [-0.3, -0.25) is 0 Å². The summed E-state index contributed by atoms with van der Waals surface area (Å²) in [6.45, 7) is 4.32. The molecule has 1 aromatic carbocycles. The molecule has 0 heterocycles. The molecule has 1 N–H and O–H groups in total. The zero-order valence-corrected chi connectivity index (χ0v) is 9.58. The van der Waals surface area contributed by atoms with E-state index in [0.29, 0.717) is 0 Å². The summed E-state index contributed by atoms with van der Waals surface area (Å²) in [6, 6.07) is 8.63. The van der Waals surface area contributed by atoms with Crippen molar-refractivity contribution in [2.24, 2.45) is 5.41 Å². The third-order valence-electron chi connectivity index (χ3n) is 4.42. The van der Waals surface area contributed by atoms with Crippen LogP contribution >= 0.6 is 0 Å².